The molecule has 1 N–H and O–H groups in total. The zero-order valence-electron chi connectivity index (χ0n) is 11.6. The fourth-order valence-electron chi connectivity index (χ4n) is 2.85. The smallest absolute Gasteiger partial charge is 0.123 e. The molecule has 1 aliphatic carbocycles. The molecule has 102 valence electrons. The minimum atomic E-state index is 0.280. The van der Waals surface area contributed by atoms with E-state index in [0.717, 1.165) is 37.3 Å². The zero-order chi connectivity index (χ0) is 13.2. The SMILES string of the molecule is COc1cc2c(cc1CNC1CC=CC1)OC(C)C2. The molecule has 3 nitrogen and oxygen atoms in total. The molecule has 1 aromatic carbocycles. The Bertz CT molecular complexity index is 488. The Balaban J connectivity index is 1.74. The Kier molecular flexibility index (Phi) is 3.47. The second-order valence-corrected chi connectivity index (χ2v) is 5.43. The minimum absolute atomic E-state index is 0.280. The molecule has 3 heteroatoms. The van der Waals surface area contributed by atoms with Gasteiger partial charge in [0.15, 0.2) is 0 Å². The molecule has 1 aliphatic heterocycles. The monoisotopic (exact) mass is 259 g/mol. The van der Waals surface area contributed by atoms with Crippen LogP contribution in [0.1, 0.15) is 30.9 Å². The molecule has 1 aromatic rings. The summed E-state index contributed by atoms with van der Waals surface area (Å²) in [6.45, 7) is 2.94. The number of nitrogens with one attached hydrogen (secondary N) is 1. The van der Waals surface area contributed by atoms with Crippen LogP contribution in [-0.2, 0) is 13.0 Å². The van der Waals surface area contributed by atoms with E-state index in [9.17, 15) is 0 Å². The van der Waals surface area contributed by atoms with Crippen molar-refractivity contribution in [3.63, 3.8) is 0 Å². The molecule has 0 aromatic heterocycles. The first-order chi connectivity index (χ1) is 9.26. The summed E-state index contributed by atoms with van der Waals surface area (Å²) in [6, 6.07) is 4.83. The molecule has 3 rings (SSSR count). The van der Waals surface area contributed by atoms with Gasteiger partial charge in [-0.2, -0.15) is 0 Å². The number of benzene rings is 1. The highest BCUT2D eigenvalue weighted by molar-refractivity contribution is 5.48. The largest absolute Gasteiger partial charge is 0.496 e. The number of rotatable bonds is 4. The molecule has 0 spiro atoms. The number of hydrogen-bond acceptors (Lipinski definition) is 3. The summed E-state index contributed by atoms with van der Waals surface area (Å²) in [5.74, 6) is 1.99. The van der Waals surface area contributed by atoms with Gasteiger partial charge < -0.3 is 14.8 Å². The number of ether oxygens (including phenoxy) is 2. The van der Waals surface area contributed by atoms with Crippen LogP contribution in [0.5, 0.6) is 11.5 Å². The summed E-state index contributed by atoms with van der Waals surface area (Å²) in [5.41, 5.74) is 2.44. The predicted molar refractivity (Wildman–Crippen MR) is 75.8 cm³/mol. The van der Waals surface area contributed by atoms with Crippen molar-refractivity contribution in [3.8, 4) is 11.5 Å². The standard InChI is InChI=1S/C16H21NO2/c1-11-7-12-8-15(18-2)13(9-16(12)19-11)10-17-14-5-3-4-6-14/h3-4,8-9,11,14,17H,5-7,10H2,1-2H3. The van der Waals surface area contributed by atoms with E-state index in [1.54, 1.807) is 7.11 Å². The summed E-state index contributed by atoms with van der Waals surface area (Å²) in [6.07, 6.45) is 7.99. The molecule has 1 unspecified atom stereocenters. The van der Waals surface area contributed by atoms with Crippen LogP contribution >= 0.6 is 0 Å². The van der Waals surface area contributed by atoms with Gasteiger partial charge in [-0.3, -0.25) is 0 Å². The van der Waals surface area contributed by atoms with Crippen molar-refractivity contribution in [3.05, 3.63) is 35.4 Å². The van der Waals surface area contributed by atoms with E-state index in [-0.39, 0.29) is 6.10 Å². The highest BCUT2D eigenvalue weighted by Crippen LogP contribution is 2.35. The average Bonchev–Trinajstić information content (AvgIpc) is 3.02. The molecule has 0 saturated heterocycles. The van der Waals surface area contributed by atoms with Crippen LogP contribution in [0.4, 0.5) is 0 Å². The van der Waals surface area contributed by atoms with E-state index < -0.39 is 0 Å². The summed E-state index contributed by atoms with van der Waals surface area (Å²) >= 11 is 0. The topological polar surface area (TPSA) is 30.5 Å². The number of hydrogen-bond donors (Lipinski definition) is 1. The lowest BCUT2D eigenvalue weighted by molar-refractivity contribution is 0.254. The fourth-order valence-corrected chi connectivity index (χ4v) is 2.85. The first-order valence-electron chi connectivity index (χ1n) is 7.01. The van der Waals surface area contributed by atoms with Crippen molar-refractivity contribution in [2.45, 2.75) is 44.9 Å². The van der Waals surface area contributed by atoms with E-state index in [2.05, 4.69) is 36.5 Å². The third-order valence-electron chi connectivity index (χ3n) is 3.89. The highest BCUT2D eigenvalue weighted by atomic mass is 16.5. The molecule has 1 atom stereocenters. The van der Waals surface area contributed by atoms with Crippen LogP contribution < -0.4 is 14.8 Å². The number of fused-ring (bicyclic) bond motifs is 1. The molecular weight excluding hydrogens is 238 g/mol. The quantitative estimate of drug-likeness (QED) is 0.843. The van der Waals surface area contributed by atoms with Crippen LogP contribution in [0.15, 0.2) is 24.3 Å². The van der Waals surface area contributed by atoms with Crippen LogP contribution in [0.25, 0.3) is 0 Å². The maximum absolute atomic E-state index is 5.82. The Morgan fingerprint density at radius 3 is 2.84 bits per heavy atom. The Labute approximate surface area is 114 Å². The van der Waals surface area contributed by atoms with Crippen LogP contribution in [0.3, 0.4) is 0 Å². The van der Waals surface area contributed by atoms with Gasteiger partial charge in [0.1, 0.15) is 17.6 Å². The lowest BCUT2D eigenvalue weighted by atomic mass is 10.1. The van der Waals surface area contributed by atoms with Crippen molar-refractivity contribution in [1.82, 2.24) is 5.32 Å². The summed E-state index contributed by atoms with van der Waals surface area (Å²) < 4.78 is 11.3. The summed E-state index contributed by atoms with van der Waals surface area (Å²) in [4.78, 5) is 0. The van der Waals surface area contributed by atoms with Crippen LogP contribution in [-0.4, -0.2) is 19.3 Å². The van der Waals surface area contributed by atoms with E-state index >= 15 is 0 Å². The van der Waals surface area contributed by atoms with Crippen LogP contribution in [0.2, 0.25) is 0 Å². The van der Waals surface area contributed by atoms with Gasteiger partial charge in [-0.05, 0) is 31.9 Å². The molecule has 1 heterocycles. The normalized spacial score (nSPS) is 21.5. The highest BCUT2D eigenvalue weighted by Gasteiger charge is 2.22. The lowest BCUT2D eigenvalue weighted by Crippen LogP contribution is -2.25. The fraction of sp³-hybridized carbons (Fsp3) is 0.500. The van der Waals surface area contributed by atoms with Gasteiger partial charge in [0.2, 0.25) is 0 Å². The third kappa shape index (κ3) is 2.61. The Morgan fingerprint density at radius 2 is 2.11 bits per heavy atom. The molecule has 2 aliphatic rings. The maximum Gasteiger partial charge on any atom is 0.123 e. The number of methoxy groups -OCH3 is 1. The molecule has 0 fully saturated rings. The molecule has 0 saturated carbocycles. The van der Waals surface area contributed by atoms with Crippen molar-refractivity contribution in [2.75, 3.05) is 7.11 Å². The molecule has 19 heavy (non-hydrogen) atoms. The van der Waals surface area contributed by atoms with E-state index in [0.29, 0.717) is 6.04 Å². The van der Waals surface area contributed by atoms with Crippen LogP contribution in [0, 0.1) is 0 Å². The van der Waals surface area contributed by atoms with Crippen molar-refractivity contribution >= 4 is 0 Å². The van der Waals surface area contributed by atoms with Crippen molar-refractivity contribution < 1.29 is 9.47 Å². The first-order valence-corrected chi connectivity index (χ1v) is 7.01. The van der Waals surface area contributed by atoms with Gasteiger partial charge in [0.05, 0.1) is 7.11 Å². The van der Waals surface area contributed by atoms with Gasteiger partial charge in [0, 0.05) is 30.1 Å². The summed E-state index contributed by atoms with van der Waals surface area (Å²) in [5, 5.41) is 3.58. The maximum atomic E-state index is 5.82. The average molecular weight is 259 g/mol. The van der Waals surface area contributed by atoms with E-state index in [4.69, 9.17) is 9.47 Å². The zero-order valence-corrected chi connectivity index (χ0v) is 11.6. The van der Waals surface area contributed by atoms with E-state index in [1.165, 1.54) is 11.1 Å². The summed E-state index contributed by atoms with van der Waals surface area (Å²) in [7, 11) is 1.74. The molecule has 0 amide bonds. The Morgan fingerprint density at radius 1 is 1.32 bits per heavy atom. The second kappa shape index (κ2) is 5.25. The second-order valence-electron chi connectivity index (χ2n) is 5.43. The predicted octanol–water partition coefficient (Wildman–Crippen LogP) is 2.83. The van der Waals surface area contributed by atoms with Crippen molar-refractivity contribution in [1.29, 1.82) is 0 Å². The lowest BCUT2D eigenvalue weighted by Gasteiger charge is -2.15. The third-order valence-corrected chi connectivity index (χ3v) is 3.89. The van der Waals surface area contributed by atoms with E-state index in [1.807, 2.05) is 0 Å². The molecule has 0 bridgehead atoms. The van der Waals surface area contributed by atoms with Gasteiger partial charge in [-0.25, -0.2) is 0 Å². The molecular formula is C16H21NO2. The minimum Gasteiger partial charge on any atom is -0.496 e. The van der Waals surface area contributed by atoms with Gasteiger partial charge in [-0.1, -0.05) is 12.2 Å². The molecule has 0 radical (unpaired) electrons. The Hall–Kier alpha value is -1.48. The van der Waals surface area contributed by atoms with Gasteiger partial charge >= 0.3 is 0 Å². The van der Waals surface area contributed by atoms with Gasteiger partial charge in [0.25, 0.3) is 0 Å². The van der Waals surface area contributed by atoms with Crippen molar-refractivity contribution in [2.24, 2.45) is 0 Å². The van der Waals surface area contributed by atoms with Gasteiger partial charge in [-0.15, -0.1) is 0 Å². The first kappa shape index (κ1) is 12.5.